The monoisotopic (exact) mass is 557 g/mol. The van der Waals surface area contributed by atoms with Crippen molar-refractivity contribution in [1.29, 1.82) is 0 Å². The van der Waals surface area contributed by atoms with Crippen LogP contribution in [0.4, 0.5) is 5.69 Å². The molecule has 0 bridgehead atoms. The van der Waals surface area contributed by atoms with Crippen LogP contribution in [-0.4, -0.2) is 32.8 Å². The lowest BCUT2D eigenvalue weighted by atomic mass is 10.1. The Morgan fingerprint density at radius 3 is 2.29 bits per heavy atom. The molecule has 0 aliphatic carbocycles. The van der Waals surface area contributed by atoms with Crippen molar-refractivity contribution in [2.24, 2.45) is 0 Å². The summed E-state index contributed by atoms with van der Waals surface area (Å²) < 4.78 is 11.6. The van der Waals surface area contributed by atoms with Gasteiger partial charge in [0.1, 0.15) is 0 Å². The lowest BCUT2D eigenvalue weighted by molar-refractivity contribution is 0.0984. The lowest BCUT2D eigenvalue weighted by Crippen LogP contribution is -2.31. The number of nitrogens with zero attached hydrogens (tertiary/aromatic N) is 5. The fourth-order valence-corrected chi connectivity index (χ4v) is 5.91. The number of hydrogen-bond acceptors (Lipinski definition) is 8. The normalized spacial score (nSPS) is 12.6. The predicted molar refractivity (Wildman–Crippen MR) is 156 cm³/mol. The number of amides is 1. The maximum Gasteiger partial charge on any atom is 0.259 e. The standard InChI is InChI=1S/C32H23N5O3S/c1-2-17-37-25-16-15-21(19-27(25)41-26-14-7-6-13-24(26)32(37)38)28-33-29(40-36-28)22-11-8-12-23(18-22)31-35-34-30(39-31)20-9-4-3-5-10-20/h3-16,18-19H,2,17H2,1H3. The summed E-state index contributed by atoms with van der Waals surface area (Å²) >= 11 is 1.58. The van der Waals surface area contributed by atoms with Crippen LogP contribution in [0.25, 0.3) is 45.8 Å². The van der Waals surface area contributed by atoms with Crippen LogP contribution in [0.2, 0.25) is 0 Å². The van der Waals surface area contributed by atoms with Gasteiger partial charge in [0, 0.05) is 38.6 Å². The van der Waals surface area contributed by atoms with Crippen molar-refractivity contribution in [3.63, 3.8) is 0 Å². The molecule has 8 nitrogen and oxygen atoms in total. The van der Waals surface area contributed by atoms with Gasteiger partial charge in [0.15, 0.2) is 0 Å². The first-order valence-electron chi connectivity index (χ1n) is 13.2. The van der Waals surface area contributed by atoms with Crippen LogP contribution in [0.15, 0.2) is 116 Å². The molecule has 0 saturated carbocycles. The van der Waals surface area contributed by atoms with Crippen molar-refractivity contribution in [3.8, 4) is 45.8 Å². The summed E-state index contributed by atoms with van der Waals surface area (Å²) in [6.07, 6.45) is 0.851. The molecule has 1 aliphatic rings. The number of benzene rings is 4. The van der Waals surface area contributed by atoms with Crippen molar-refractivity contribution in [3.05, 3.63) is 103 Å². The van der Waals surface area contributed by atoms with Gasteiger partial charge in [0.05, 0.1) is 11.3 Å². The molecule has 0 fully saturated rings. The van der Waals surface area contributed by atoms with Crippen LogP contribution in [-0.2, 0) is 0 Å². The molecule has 1 aliphatic heterocycles. The van der Waals surface area contributed by atoms with Crippen LogP contribution in [0.1, 0.15) is 23.7 Å². The molecule has 0 saturated heterocycles. The first kappa shape index (κ1) is 25.0. The summed E-state index contributed by atoms with van der Waals surface area (Å²) in [7, 11) is 0. The SMILES string of the molecule is CCCN1C(=O)c2ccccc2Sc2cc(-c3noc(-c4cccc(-c5nnc(-c6ccccc6)o5)c4)n3)ccc21. The maximum atomic E-state index is 13.4. The van der Waals surface area contributed by atoms with E-state index >= 15 is 0 Å². The first-order chi connectivity index (χ1) is 20.2. The number of hydrogen-bond donors (Lipinski definition) is 0. The molecule has 200 valence electrons. The van der Waals surface area contributed by atoms with Crippen LogP contribution < -0.4 is 4.90 Å². The van der Waals surface area contributed by atoms with Gasteiger partial charge >= 0.3 is 0 Å². The Morgan fingerprint density at radius 1 is 0.732 bits per heavy atom. The van der Waals surface area contributed by atoms with Gasteiger partial charge in [-0.05, 0) is 67.1 Å². The number of fused-ring (bicyclic) bond motifs is 2. The summed E-state index contributed by atoms with van der Waals surface area (Å²) in [6, 6.07) is 30.8. The fraction of sp³-hybridized carbons (Fsp3) is 0.0938. The fourth-order valence-electron chi connectivity index (χ4n) is 4.79. The molecular weight excluding hydrogens is 534 g/mol. The molecule has 9 heteroatoms. The highest BCUT2D eigenvalue weighted by atomic mass is 32.2. The number of rotatable bonds is 6. The van der Waals surface area contributed by atoms with E-state index in [0.29, 0.717) is 35.6 Å². The summed E-state index contributed by atoms with van der Waals surface area (Å²) in [5.74, 6) is 1.71. The molecule has 3 heterocycles. The molecule has 1 amide bonds. The van der Waals surface area contributed by atoms with Gasteiger partial charge in [-0.25, -0.2) is 0 Å². The van der Waals surface area contributed by atoms with E-state index in [4.69, 9.17) is 13.9 Å². The molecule has 2 aromatic heterocycles. The summed E-state index contributed by atoms with van der Waals surface area (Å²) in [5.41, 5.74) is 4.73. The second-order valence-electron chi connectivity index (χ2n) is 9.52. The smallest absolute Gasteiger partial charge is 0.259 e. The van der Waals surface area contributed by atoms with E-state index in [0.717, 1.165) is 44.2 Å². The van der Waals surface area contributed by atoms with Gasteiger partial charge in [0.25, 0.3) is 11.8 Å². The van der Waals surface area contributed by atoms with Gasteiger partial charge in [-0.15, -0.1) is 10.2 Å². The van der Waals surface area contributed by atoms with E-state index in [9.17, 15) is 4.79 Å². The van der Waals surface area contributed by atoms with Crippen LogP contribution in [0.5, 0.6) is 0 Å². The summed E-state index contributed by atoms with van der Waals surface area (Å²) in [6.45, 7) is 2.71. The Morgan fingerprint density at radius 2 is 1.46 bits per heavy atom. The lowest BCUT2D eigenvalue weighted by Gasteiger charge is -2.22. The van der Waals surface area contributed by atoms with Crippen molar-refractivity contribution < 1.29 is 13.7 Å². The van der Waals surface area contributed by atoms with Gasteiger partial charge < -0.3 is 13.8 Å². The molecule has 0 N–H and O–H groups in total. The minimum absolute atomic E-state index is 0.0142. The Hall–Kier alpha value is -5.02. The number of anilines is 1. The second-order valence-corrected chi connectivity index (χ2v) is 10.6. The van der Waals surface area contributed by atoms with E-state index in [-0.39, 0.29) is 5.91 Å². The van der Waals surface area contributed by atoms with Crippen molar-refractivity contribution in [1.82, 2.24) is 20.3 Å². The molecule has 0 unspecified atom stereocenters. The van der Waals surface area contributed by atoms with Crippen molar-refractivity contribution in [2.45, 2.75) is 23.1 Å². The third-order valence-corrected chi connectivity index (χ3v) is 7.89. The van der Waals surface area contributed by atoms with Gasteiger partial charge in [-0.2, -0.15) is 4.98 Å². The molecular formula is C32H23N5O3S. The Labute approximate surface area is 240 Å². The minimum Gasteiger partial charge on any atom is -0.416 e. The van der Waals surface area contributed by atoms with Crippen molar-refractivity contribution >= 4 is 23.4 Å². The maximum absolute atomic E-state index is 13.4. The highest BCUT2D eigenvalue weighted by Gasteiger charge is 2.27. The zero-order chi connectivity index (χ0) is 27.8. The second kappa shape index (κ2) is 10.5. The number of aromatic nitrogens is 4. The average molecular weight is 558 g/mol. The Balaban J connectivity index is 1.20. The zero-order valence-corrected chi connectivity index (χ0v) is 22.8. The van der Waals surface area contributed by atoms with Crippen LogP contribution in [0, 0.1) is 0 Å². The molecule has 6 aromatic rings. The van der Waals surface area contributed by atoms with E-state index in [1.807, 2.05) is 102 Å². The Kier molecular flexibility index (Phi) is 6.41. The van der Waals surface area contributed by atoms with Gasteiger partial charge in [-0.1, -0.05) is 60.2 Å². The topological polar surface area (TPSA) is 98.2 Å². The Bertz CT molecular complexity index is 1880. The molecule has 4 aromatic carbocycles. The van der Waals surface area contributed by atoms with Gasteiger partial charge in [0.2, 0.25) is 17.6 Å². The van der Waals surface area contributed by atoms with Crippen LogP contribution >= 0.6 is 11.8 Å². The highest BCUT2D eigenvalue weighted by Crippen LogP contribution is 2.43. The highest BCUT2D eigenvalue weighted by molar-refractivity contribution is 7.99. The summed E-state index contributed by atoms with van der Waals surface area (Å²) in [5, 5.41) is 12.7. The molecule has 0 spiro atoms. The molecule has 0 radical (unpaired) electrons. The third kappa shape index (κ3) is 4.70. The average Bonchev–Trinajstić information content (AvgIpc) is 3.70. The third-order valence-electron chi connectivity index (χ3n) is 6.77. The van der Waals surface area contributed by atoms with Crippen LogP contribution in [0.3, 0.4) is 0 Å². The quantitative estimate of drug-likeness (QED) is 0.206. The van der Waals surface area contributed by atoms with E-state index in [1.54, 1.807) is 11.8 Å². The molecule has 41 heavy (non-hydrogen) atoms. The number of carbonyl (C=O) groups is 1. The van der Waals surface area contributed by atoms with Crippen molar-refractivity contribution in [2.75, 3.05) is 11.4 Å². The summed E-state index contributed by atoms with van der Waals surface area (Å²) in [4.78, 5) is 21.8. The first-order valence-corrected chi connectivity index (χ1v) is 14.1. The zero-order valence-electron chi connectivity index (χ0n) is 22.0. The largest absolute Gasteiger partial charge is 0.416 e. The van der Waals surface area contributed by atoms with Gasteiger partial charge in [-0.3, -0.25) is 4.79 Å². The number of carbonyl (C=O) groups excluding carboxylic acids is 1. The van der Waals surface area contributed by atoms with E-state index < -0.39 is 0 Å². The van der Waals surface area contributed by atoms with E-state index in [2.05, 4.69) is 22.3 Å². The molecule has 7 rings (SSSR count). The van der Waals surface area contributed by atoms with E-state index in [1.165, 1.54) is 0 Å². The predicted octanol–water partition coefficient (Wildman–Crippen LogP) is 7.64. The minimum atomic E-state index is 0.0142. The molecule has 0 atom stereocenters.